The van der Waals surface area contributed by atoms with Gasteiger partial charge in [-0.1, -0.05) is 60.7 Å². The molecule has 0 aliphatic carbocycles. The van der Waals surface area contributed by atoms with Gasteiger partial charge in [-0.2, -0.15) is 0 Å². The van der Waals surface area contributed by atoms with E-state index in [2.05, 4.69) is 9.97 Å². The van der Waals surface area contributed by atoms with E-state index in [0.29, 0.717) is 56.3 Å². The van der Waals surface area contributed by atoms with E-state index in [4.69, 9.17) is 33.2 Å². The summed E-state index contributed by atoms with van der Waals surface area (Å²) in [4.78, 5) is 62.6. The summed E-state index contributed by atoms with van der Waals surface area (Å²) in [5.41, 5.74) is 0.981. The minimum atomic E-state index is -1.53. The average molecular weight is 949 g/mol. The number of rotatable bonds is 16. The summed E-state index contributed by atoms with van der Waals surface area (Å²) in [5, 5.41) is 22.7. The molecular formula is C56H40N2O13. The van der Waals surface area contributed by atoms with Crippen molar-refractivity contribution in [2.75, 3.05) is 14.2 Å². The number of esters is 2. The van der Waals surface area contributed by atoms with Crippen molar-refractivity contribution < 1.29 is 62.5 Å². The van der Waals surface area contributed by atoms with Crippen LogP contribution in [0.5, 0.6) is 46.0 Å². The van der Waals surface area contributed by atoms with Crippen molar-refractivity contribution in [1.29, 1.82) is 0 Å². The Morgan fingerprint density at radius 1 is 0.451 bits per heavy atom. The molecule has 352 valence electrons. The van der Waals surface area contributed by atoms with Crippen LogP contribution in [0.3, 0.4) is 0 Å². The fraction of sp³-hybridized carbons (Fsp3) is 0.0714. The van der Waals surface area contributed by atoms with Gasteiger partial charge >= 0.3 is 23.9 Å². The number of carbonyl (C=O) groups is 4. The zero-order valence-electron chi connectivity index (χ0n) is 37.8. The first-order chi connectivity index (χ1) is 34.5. The number of benzene rings is 8. The Morgan fingerprint density at radius 3 is 1.18 bits per heavy atom. The third kappa shape index (κ3) is 9.05. The molecule has 0 aliphatic heterocycles. The van der Waals surface area contributed by atoms with E-state index in [-0.39, 0.29) is 46.5 Å². The molecule has 71 heavy (non-hydrogen) atoms. The fourth-order valence-corrected chi connectivity index (χ4v) is 8.38. The molecule has 0 saturated carbocycles. The molecule has 0 amide bonds. The Labute approximate surface area is 403 Å². The second kappa shape index (κ2) is 19.1. The Bertz CT molecular complexity index is 3440. The monoisotopic (exact) mass is 948 g/mol. The zero-order valence-corrected chi connectivity index (χ0v) is 37.8. The van der Waals surface area contributed by atoms with Crippen molar-refractivity contribution in [3.05, 3.63) is 191 Å². The van der Waals surface area contributed by atoms with E-state index < -0.39 is 46.1 Å². The predicted octanol–water partition coefficient (Wildman–Crippen LogP) is 12.1. The van der Waals surface area contributed by atoms with Gasteiger partial charge in [0.2, 0.25) is 0 Å². The second-order valence-corrected chi connectivity index (χ2v) is 16.2. The van der Waals surface area contributed by atoms with Gasteiger partial charge in [0.05, 0.1) is 47.5 Å². The van der Waals surface area contributed by atoms with Crippen molar-refractivity contribution in [2.45, 2.75) is 13.2 Å². The van der Waals surface area contributed by atoms with E-state index in [1.807, 2.05) is 60.7 Å². The van der Waals surface area contributed by atoms with Crippen LogP contribution in [-0.2, 0) is 18.0 Å². The first kappa shape index (κ1) is 45.0. The lowest BCUT2D eigenvalue weighted by atomic mass is 9.98. The highest BCUT2D eigenvalue weighted by Crippen LogP contribution is 2.43. The number of aromatic nitrogens is 2. The molecule has 0 radical (unpaired) electrons. The first-order valence-corrected chi connectivity index (χ1v) is 22.0. The number of aromatic carboxylic acids is 2. The third-order valence-corrected chi connectivity index (χ3v) is 11.7. The lowest BCUT2D eigenvalue weighted by Gasteiger charge is -2.15. The molecule has 10 aromatic rings. The molecule has 0 unspecified atom stereocenters. The van der Waals surface area contributed by atoms with Gasteiger partial charge in [0, 0.05) is 32.6 Å². The number of hydrogen-bond donors (Lipinski definition) is 4. The van der Waals surface area contributed by atoms with Gasteiger partial charge in [-0.15, -0.1) is 0 Å². The van der Waals surface area contributed by atoms with Gasteiger partial charge < -0.3 is 53.3 Å². The highest BCUT2D eigenvalue weighted by atomic mass is 16.6. The molecular weight excluding hydrogens is 909 g/mol. The predicted molar refractivity (Wildman–Crippen MR) is 263 cm³/mol. The summed E-state index contributed by atoms with van der Waals surface area (Å²) in [6.07, 6.45) is 0. The van der Waals surface area contributed by atoms with E-state index in [0.717, 1.165) is 23.3 Å². The molecule has 0 aliphatic rings. The number of aromatic amines is 2. The number of carboxylic acids is 2. The maximum atomic E-state index is 14.6. The lowest BCUT2D eigenvalue weighted by molar-refractivity contribution is 0.0386. The van der Waals surface area contributed by atoms with Crippen LogP contribution in [0.2, 0.25) is 0 Å². The first-order valence-electron chi connectivity index (χ1n) is 22.0. The van der Waals surface area contributed by atoms with Crippen LogP contribution in [0.4, 0.5) is 0 Å². The molecule has 0 bridgehead atoms. The molecule has 10 rings (SSSR count). The minimum absolute atomic E-state index is 0.00409. The van der Waals surface area contributed by atoms with Gasteiger partial charge in [-0.3, -0.25) is 0 Å². The molecule has 2 aromatic heterocycles. The molecule has 8 aromatic carbocycles. The smallest absolute Gasteiger partial charge is 0.347 e. The van der Waals surface area contributed by atoms with Crippen LogP contribution in [0.15, 0.2) is 158 Å². The minimum Gasteiger partial charge on any atom is -0.497 e. The van der Waals surface area contributed by atoms with Gasteiger partial charge in [-0.25, -0.2) is 19.2 Å². The molecule has 0 saturated heterocycles. The van der Waals surface area contributed by atoms with Gasteiger partial charge in [0.25, 0.3) is 0 Å². The number of methoxy groups -OCH3 is 2. The quantitative estimate of drug-likeness (QED) is 0.0526. The Hall–Kier alpha value is -9.76. The number of fused-ring (bicyclic) bond motifs is 6. The standard InChI is InChI=1S/C56H40N2O13/c1-65-33-13-17-35(18-14-33)69-45-27-41(49(53(59)60)47-39-25-37(21-23-43(39)57-51(45)47)67-29-31-9-5-3-6-10-31)55(63)71-56(64)42-28-46(70-36-19-15-34(66-2)16-20-36)52-48(50(42)54(61)62)40-26-38(22-24-44(40)58-52)68-30-32-11-7-4-8-12-32/h3-28,57-58H,29-30H2,1-2H3,(H,59,60)(H,61,62). The average Bonchev–Trinajstić information content (AvgIpc) is 3.97. The SMILES string of the molecule is COc1ccc(Oc2cc(C(=O)OC(=O)c3cc(Oc4ccc(OC)cc4)c4[nH]c5ccc(OCc6ccccc6)cc5c4c3C(=O)O)c(C(=O)O)c3c2[nH]c2ccc(OCc4ccccc4)cc23)cc1. The molecule has 2 heterocycles. The van der Waals surface area contributed by atoms with E-state index in [1.165, 1.54) is 14.2 Å². The van der Waals surface area contributed by atoms with Crippen molar-refractivity contribution in [3.63, 3.8) is 0 Å². The summed E-state index contributed by atoms with van der Waals surface area (Å²) in [6, 6.07) is 44.5. The molecule has 15 nitrogen and oxygen atoms in total. The number of carbonyl (C=O) groups excluding carboxylic acids is 2. The van der Waals surface area contributed by atoms with Crippen molar-refractivity contribution in [2.24, 2.45) is 0 Å². The molecule has 0 spiro atoms. The molecule has 0 fully saturated rings. The highest BCUT2D eigenvalue weighted by Gasteiger charge is 2.32. The number of H-pyrrole nitrogens is 2. The van der Waals surface area contributed by atoms with Crippen LogP contribution in [0.25, 0.3) is 43.6 Å². The normalized spacial score (nSPS) is 11.1. The molecule has 15 heteroatoms. The summed E-state index contributed by atoms with van der Waals surface area (Å²) in [5.74, 6) is -3.40. The summed E-state index contributed by atoms with van der Waals surface area (Å²) in [7, 11) is 3.02. The molecule has 4 N–H and O–H groups in total. The number of hydrogen-bond acceptors (Lipinski definition) is 11. The van der Waals surface area contributed by atoms with E-state index in [1.54, 1.807) is 84.9 Å². The Kier molecular flexibility index (Phi) is 12.1. The topological polar surface area (TPSA) is 205 Å². The highest BCUT2D eigenvalue weighted by molar-refractivity contribution is 6.25. The van der Waals surface area contributed by atoms with Gasteiger partial charge in [0.1, 0.15) is 47.7 Å². The Balaban J connectivity index is 1.10. The van der Waals surface area contributed by atoms with Crippen LogP contribution in [0.1, 0.15) is 52.6 Å². The zero-order chi connectivity index (χ0) is 49.2. The summed E-state index contributed by atoms with van der Waals surface area (Å²) >= 11 is 0. The van der Waals surface area contributed by atoms with Crippen molar-refractivity contribution >= 4 is 67.5 Å². The van der Waals surface area contributed by atoms with Crippen molar-refractivity contribution in [3.8, 4) is 46.0 Å². The number of carboxylic acid groups (broad SMARTS) is 2. The second-order valence-electron chi connectivity index (χ2n) is 16.2. The summed E-state index contributed by atoms with van der Waals surface area (Å²) < 4.78 is 41.0. The van der Waals surface area contributed by atoms with E-state index in [9.17, 15) is 29.4 Å². The maximum absolute atomic E-state index is 14.6. The van der Waals surface area contributed by atoms with Crippen molar-refractivity contribution in [1.82, 2.24) is 9.97 Å². The van der Waals surface area contributed by atoms with Crippen LogP contribution >= 0.6 is 0 Å². The lowest BCUT2D eigenvalue weighted by Crippen LogP contribution is -2.19. The number of ether oxygens (including phenoxy) is 7. The number of nitrogens with one attached hydrogen (secondary N) is 2. The van der Waals surface area contributed by atoms with Crippen LogP contribution < -0.4 is 28.4 Å². The van der Waals surface area contributed by atoms with Crippen LogP contribution in [0, 0.1) is 0 Å². The van der Waals surface area contributed by atoms with E-state index >= 15 is 0 Å². The maximum Gasteiger partial charge on any atom is 0.347 e. The fourth-order valence-electron chi connectivity index (χ4n) is 8.38. The largest absolute Gasteiger partial charge is 0.497 e. The Morgan fingerprint density at radius 2 is 0.817 bits per heavy atom. The van der Waals surface area contributed by atoms with Crippen LogP contribution in [-0.4, -0.2) is 58.3 Å². The summed E-state index contributed by atoms with van der Waals surface area (Å²) in [6.45, 7) is 0.426. The van der Waals surface area contributed by atoms with Gasteiger partial charge in [-0.05, 0) is 108 Å². The van der Waals surface area contributed by atoms with Gasteiger partial charge in [0.15, 0.2) is 11.5 Å². The molecule has 0 atom stereocenters. The third-order valence-electron chi connectivity index (χ3n) is 11.7.